The third kappa shape index (κ3) is 4.23. The molecule has 1 fully saturated rings. The summed E-state index contributed by atoms with van der Waals surface area (Å²) in [7, 11) is 0. The minimum atomic E-state index is -0.824. The lowest BCUT2D eigenvalue weighted by Crippen LogP contribution is -2.37. The van der Waals surface area contributed by atoms with Crippen LogP contribution in [0.5, 0.6) is 0 Å². The summed E-state index contributed by atoms with van der Waals surface area (Å²) in [6, 6.07) is 13.6. The van der Waals surface area contributed by atoms with Gasteiger partial charge in [-0.1, -0.05) is 43.2 Å². The summed E-state index contributed by atoms with van der Waals surface area (Å²) in [6.07, 6.45) is 5.25. The first-order valence-corrected chi connectivity index (χ1v) is 8.21. The van der Waals surface area contributed by atoms with Crippen LogP contribution in [0.4, 0.5) is 0 Å². The Bertz CT molecular complexity index is 615. The molecule has 0 unspecified atom stereocenters. The molecule has 1 aromatic carbocycles. The summed E-state index contributed by atoms with van der Waals surface area (Å²) >= 11 is 0. The van der Waals surface area contributed by atoms with Crippen molar-refractivity contribution < 1.29 is 14.3 Å². The molecule has 23 heavy (non-hydrogen) atoms. The molecule has 1 aliphatic carbocycles. The number of nitrogens with zero attached hydrogens (tertiary/aromatic N) is 1. The number of furan rings is 1. The summed E-state index contributed by atoms with van der Waals surface area (Å²) < 4.78 is 5.39. The number of carbonyl (C=O) groups is 1. The van der Waals surface area contributed by atoms with Crippen LogP contribution in [-0.2, 0) is 17.9 Å². The van der Waals surface area contributed by atoms with Gasteiger partial charge in [-0.2, -0.15) is 0 Å². The third-order valence-corrected chi connectivity index (χ3v) is 4.51. The fourth-order valence-corrected chi connectivity index (χ4v) is 3.23. The van der Waals surface area contributed by atoms with Crippen molar-refractivity contribution in [3.05, 3.63) is 60.1 Å². The topological polar surface area (TPSA) is 53.7 Å². The van der Waals surface area contributed by atoms with E-state index in [1.165, 1.54) is 0 Å². The highest BCUT2D eigenvalue weighted by atomic mass is 16.3. The van der Waals surface area contributed by atoms with E-state index in [4.69, 9.17) is 4.42 Å². The van der Waals surface area contributed by atoms with Gasteiger partial charge in [0.2, 0.25) is 5.91 Å². The first kappa shape index (κ1) is 15.8. The maximum atomic E-state index is 12.8. The van der Waals surface area contributed by atoms with E-state index in [-0.39, 0.29) is 12.3 Å². The Hall–Kier alpha value is -2.07. The van der Waals surface area contributed by atoms with E-state index in [1.54, 1.807) is 11.2 Å². The molecule has 0 spiro atoms. The molecule has 1 heterocycles. The van der Waals surface area contributed by atoms with E-state index in [2.05, 4.69) is 0 Å². The van der Waals surface area contributed by atoms with Crippen LogP contribution >= 0.6 is 0 Å². The zero-order valence-corrected chi connectivity index (χ0v) is 13.3. The quantitative estimate of drug-likeness (QED) is 0.888. The van der Waals surface area contributed by atoms with Crippen LogP contribution in [0.2, 0.25) is 0 Å². The molecule has 1 aliphatic rings. The van der Waals surface area contributed by atoms with Gasteiger partial charge < -0.3 is 14.4 Å². The molecular formula is C19H23NO3. The van der Waals surface area contributed by atoms with Crippen molar-refractivity contribution >= 4 is 5.91 Å². The van der Waals surface area contributed by atoms with Gasteiger partial charge in [0.25, 0.3) is 0 Å². The Labute approximate surface area is 136 Å². The molecule has 1 aromatic heterocycles. The van der Waals surface area contributed by atoms with Crippen LogP contribution in [0.3, 0.4) is 0 Å². The molecule has 0 atom stereocenters. The zero-order valence-electron chi connectivity index (χ0n) is 13.3. The van der Waals surface area contributed by atoms with Gasteiger partial charge in [-0.15, -0.1) is 0 Å². The van der Waals surface area contributed by atoms with Gasteiger partial charge in [0, 0.05) is 6.54 Å². The summed E-state index contributed by atoms with van der Waals surface area (Å²) in [5, 5.41) is 10.5. The lowest BCUT2D eigenvalue weighted by atomic mass is 9.97. The van der Waals surface area contributed by atoms with Gasteiger partial charge in [-0.25, -0.2) is 0 Å². The number of aliphatic hydroxyl groups is 1. The van der Waals surface area contributed by atoms with Crippen LogP contribution in [0, 0.1) is 0 Å². The zero-order chi connectivity index (χ0) is 16.1. The van der Waals surface area contributed by atoms with Crippen molar-refractivity contribution in [2.24, 2.45) is 0 Å². The van der Waals surface area contributed by atoms with Crippen LogP contribution in [0.25, 0.3) is 0 Å². The summed E-state index contributed by atoms with van der Waals surface area (Å²) in [6.45, 7) is 0.952. The van der Waals surface area contributed by atoms with E-state index >= 15 is 0 Å². The lowest BCUT2D eigenvalue weighted by Gasteiger charge is -2.27. The van der Waals surface area contributed by atoms with Crippen molar-refractivity contribution in [3.8, 4) is 0 Å². The van der Waals surface area contributed by atoms with Gasteiger partial charge in [0.05, 0.1) is 24.8 Å². The minimum absolute atomic E-state index is 0.0188. The Morgan fingerprint density at radius 2 is 1.83 bits per heavy atom. The SMILES string of the molecule is O=C(CC1(O)CCCC1)N(Cc1ccccc1)Cc1ccco1. The van der Waals surface area contributed by atoms with Gasteiger partial charge in [-0.3, -0.25) is 4.79 Å². The molecule has 0 aliphatic heterocycles. The van der Waals surface area contributed by atoms with Crippen molar-refractivity contribution in [1.82, 2.24) is 4.90 Å². The molecule has 2 aromatic rings. The highest BCUT2D eigenvalue weighted by Gasteiger charge is 2.35. The number of benzene rings is 1. The van der Waals surface area contributed by atoms with E-state index in [9.17, 15) is 9.90 Å². The van der Waals surface area contributed by atoms with Crippen LogP contribution in [0.1, 0.15) is 43.4 Å². The van der Waals surface area contributed by atoms with E-state index in [0.717, 1.165) is 37.0 Å². The molecule has 0 saturated heterocycles. The fourth-order valence-electron chi connectivity index (χ4n) is 3.23. The van der Waals surface area contributed by atoms with E-state index in [0.29, 0.717) is 13.1 Å². The minimum Gasteiger partial charge on any atom is -0.467 e. The van der Waals surface area contributed by atoms with E-state index < -0.39 is 5.60 Å². The second-order valence-electron chi connectivity index (χ2n) is 6.42. The summed E-state index contributed by atoms with van der Waals surface area (Å²) in [5.41, 5.74) is 0.251. The smallest absolute Gasteiger partial charge is 0.226 e. The number of hydrogen-bond acceptors (Lipinski definition) is 3. The molecule has 3 rings (SSSR count). The standard InChI is InChI=1S/C19H23NO3/c21-18(13-19(22)10-4-5-11-19)20(15-17-9-6-12-23-17)14-16-7-2-1-3-8-16/h1-3,6-9,12,22H,4-5,10-11,13-15H2. The lowest BCUT2D eigenvalue weighted by molar-refractivity contribution is -0.137. The first-order valence-electron chi connectivity index (χ1n) is 8.21. The third-order valence-electron chi connectivity index (χ3n) is 4.51. The molecule has 1 amide bonds. The van der Waals surface area contributed by atoms with Crippen molar-refractivity contribution in [2.75, 3.05) is 0 Å². The Morgan fingerprint density at radius 3 is 2.48 bits per heavy atom. The number of carbonyl (C=O) groups excluding carboxylic acids is 1. The molecule has 4 heteroatoms. The monoisotopic (exact) mass is 313 g/mol. The maximum Gasteiger partial charge on any atom is 0.226 e. The molecule has 4 nitrogen and oxygen atoms in total. The Balaban J connectivity index is 1.72. The largest absolute Gasteiger partial charge is 0.467 e. The van der Waals surface area contributed by atoms with Crippen molar-refractivity contribution in [2.45, 2.75) is 50.8 Å². The van der Waals surface area contributed by atoms with Gasteiger partial charge in [0.1, 0.15) is 5.76 Å². The van der Waals surface area contributed by atoms with E-state index in [1.807, 2.05) is 42.5 Å². The average molecular weight is 313 g/mol. The highest BCUT2D eigenvalue weighted by Crippen LogP contribution is 2.33. The fraction of sp³-hybridized carbons (Fsp3) is 0.421. The Kier molecular flexibility index (Phi) is 4.82. The van der Waals surface area contributed by atoms with Crippen molar-refractivity contribution in [1.29, 1.82) is 0 Å². The molecule has 0 radical (unpaired) electrons. The normalized spacial score (nSPS) is 16.4. The number of hydrogen-bond donors (Lipinski definition) is 1. The summed E-state index contributed by atoms with van der Waals surface area (Å²) in [5.74, 6) is 0.738. The molecule has 0 bridgehead atoms. The van der Waals surface area contributed by atoms with Crippen molar-refractivity contribution in [3.63, 3.8) is 0 Å². The number of amides is 1. The molecule has 1 N–H and O–H groups in total. The molecule has 122 valence electrons. The van der Waals surface area contributed by atoms with Crippen LogP contribution in [-0.4, -0.2) is 21.5 Å². The Morgan fingerprint density at radius 1 is 1.09 bits per heavy atom. The predicted octanol–water partition coefficient (Wildman–Crippen LogP) is 3.50. The maximum absolute atomic E-state index is 12.8. The van der Waals surface area contributed by atoms with Gasteiger partial charge >= 0.3 is 0 Å². The van der Waals surface area contributed by atoms with Gasteiger partial charge in [-0.05, 0) is 30.5 Å². The van der Waals surface area contributed by atoms with Crippen LogP contribution in [0.15, 0.2) is 53.1 Å². The average Bonchev–Trinajstić information content (AvgIpc) is 3.19. The predicted molar refractivity (Wildman–Crippen MR) is 87.4 cm³/mol. The van der Waals surface area contributed by atoms with Gasteiger partial charge in [0.15, 0.2) is 0 Å². The second kappa shape index (κ2) is 7.01. The summed E-state index contributed by atoms with van der Waals surface area (Å²) in [4.78, 5) is 14.5. The first-order chi connectivity index (χ1) is 11.1. The highest BCUT2D eigenvalue weighted by molar-refractivity contribution is 5.77. The number of rotatable bonds is 6. The molecular weight excluding hydrogens is 290 g/mol. The molecule has 1 saturated carbocycles. The second-order valence-corrected chi connectivity index (χ2v) is 6.42. The van der Waals surface area contributed by atoms with Crippen LogP contribution < -0.4 is 0 Å².